The van der Waals surface area contributed by atoms with Crippen LogP contribution in [-0.2, 0) is 14.8 Å². The number of nitrogens with zero attached hydrogens (tertiary/aromatic N) is 1. The van der Waals surface area contributed by atoms with E-state index in [1.807, 2.05) is 6.92 Å². The van der Waals surface area contributed by atoms with Crippen molar-refractivity contribution in [1.82, 2.24) is 0 Å². The van der Waals surface area contributed by atoms with Gasteiger partial charge in [0.05, 0.1) is 17.6 Å². The quantitative estimate of drug-likeness (QED) is 0.508. The summed E-state index contributed by atoms with van der Waals surface area (Å²) in [4.78, 5) is 26.1. The van der Waals surface area contributed by atoms with Crippen LogP contribution in [-0.4, -0.2) is 32.4 Å². The summed E-state index contributed by atoms with van der Waals surface area (Å²) < 4.78 is 26.0. The van der Waals surface area contributed by atoms with Crippen molar-refractivity contribution in [2.45, 2.75) is 19.9 Å². The van der Waals surface area contributed by atoms with E-state index in [9.17, 15) is 18.0 Å². The predicted octanol–water partition coefficient (Wildman–Crippen LogP) is 4.67. The molecular weight excluding hydrogens is 448 g/mol. The van der Waals surface area contributed by atoms with Gasteiger partial charge in [0.1, 0.15) is 6.04 Å². The van der Waals surface area contributed by atoms with E-state index in [0.717, 1.165) is 16.1 Å². The van der Waals surface area contributed by atoms with Crippen molar-refractivity contribution in [1.29, 1.82) is 0 Å². The molecule has 0 radical (unpaired) electrons. The first-order valence-electron chi connectivity index (χ1n) is 9.84. The minimum Gasteiger partial charge on any atom is -0.324 e. The molecule has 1 amide bonds. The summed E-state index contributed by atoms with van der Waals surface area (Å²) in [6.07, 6.45) is 1.04. The summed E-state index contributed by atoms with van der Waals surface area (Å²) in [6, 6.07) is 18.9. The summed E-state index contributed by atoms with van der Waals surface area (Å²) in [5.74, 6) is -0.894. The molecule has 3 aromatic carbocycles. The molecule has 0 aliphatic rings. The van der Waals surface area contributed by atoms with Gasteiger partial charge in [0, 0.05) is 16.1 Å². The second-order valence-corrected chi connectivity index (χ2v) is 9.74. The number of ketones is 1. The lowest BCUT2D eigenvalue weighted by Gasteiger charge is -2.28. The Hall–Kier alpha value is -3.16. The molecule has 0 saturated carbocycles. The standard InChI is InChI=1S/C24H23ClN2O4S/c1-16-9-12-20(13-10-16)27(32(3,30)31)17(2)24(29)26-22-14-11-19(25)15-21(22)23(28)18-7-5-4-6-8-18/h4-15,17H,1-3H3,(H,26,29)/t17-/m0/s1. The van der Waals surface area contributed by atoms with Gasteiger partial charge in [-0.05, 0) is 44.2 Å². The lowest BCUT2D eigenvalue weighted by Crippen LogP contribution is -2.45. The van der Waals surface area contributed by atoms with Crippen LogP contribution in [0.4, 0.5) is 11.4 Å². The number of hydrogen-bond acceptors (Lipinski definition) is 4. The van der Waals surface area contributed by atoms with Crippen molar-refractivity contribution in [3.8, 4) is 0 Å². The van der Waals surface area contributed by atoms with E-state index >= 15 is 0 Å². The van der Waals surface area contributed by atoms with Gasteiger partial charge >= 0.3 is 0 Å². The zero-order chi connectivity index (χ0) is 23.5. The van der Waals surface area contributed by atoms with Crippen molar-refractivity contribution in [3.63, 3.8) is 0 Å². The topological polar surface area (TPSA) is 83.6 Å². The molecule has 8 heteroatoms. The SMILES string of the molecule is Cc1ccc(N([C@@H](C)C(=O)Nc2ccc(Cl)cc2C(=O)c2ccccc2)S(C)(=O)=O)cc1. The number of carbonyl (C=O) groups is 2. The van der Waals surface area contributed by atoms with Crippen LogP contribution in [0.25, 0.3) is 0 Å². The Labute approximate surface area is 192 Å². The summed E-state index contributed by atoms with van der Waals surface area (Å²) in [5.41, 5.74) is 2.24. The van der Waals surface area contributed by atoms with Gasteiger partial charge in [0.2, 0.25) is 15.9 Å². The predicted molar refractivity (Wildman–Crippen MR) is 128 cm³/mol. The number of benzene rings is 3. The first-order valence-corrected chi connectivity index (χ1v) is 12.1. The van der Waals surface area contributed by atoms with Gasteiger partial charge in [0.15, 0.2) is 5.78 Å². The molecule has 3 rings (SSSR count). The minimum atomic E-state index is -3.76. The highest BCUT2D eigenvalue weighted by Gasteiger charge is 2.30. The molecule has 0 heterocycles. The molecule has 0 saturated heterocycles. The molecule has 3 aromatic rings. The second kappa shape index (κ2) is 9.54. The van der Waals surface area contributed by atoms with Crippen LogP contribution in [0.15, 0.2) is 72.8 Å². The van der Waals surface area contributed by atoms with E-state index in [0.29, 0.717) is 16.3 Å². The van der Waals surface area contributed by atoms with Crippen LogP contribution >= 0.6 is 11.6 Å². The number of hydrogen-bond donors (Lipinski definition) is 1. The van der Waals surface area contributed by atoms with Gasteiger partial charge in [-0.15, -0.1) is 0 Å². The average molecular weight is 471 g/mol. The van der Waals surface area contributed by atoms with Crippen molar-refractivity contribution in [2.24, 2.45) is 0 Å². The van der Waals surface area contributed by atoms with Crippen molar-refractivity contribution < 1.29 is 18.0 Å². The van der Waals surface area contributed by atoms with E-state index in [1.165, 1.54) is 19.1 Å². The Morgan fingerprint density at radius 2 is 1.59 bits per heavy atom. The maximum atomic E-state index is 13.1. The number of halogens is 1. The normalized spacial score (nSPS) is 12.1. The van der Waals surface area contributed by atoms with E-state index in [1.54, 1.807) is 60.7 Å². The number of amides is 1. The molecular formula is C24H23ClN2O4S. The highest BCUT2D eigenvalue weighted by atomic mass is 35.5. The Balaban J connectivity index is 1.93. The first-order chi connectivity index (χ1) is 15.1. The summed E-state index contributed by atoms with van der Waals surface area (Å²) >= 11 is 6.10. The Bertz CT molecular complexity index is 1240. The molecule has 0 aliphatic carbocycles. The second-order valence-electron chi connectivity index (χ2n) is 7.44. The van der Waals surface area contributed by atoms with Crippen LogP contribution in [0.5, 0.6) is 0 Å². The zero-order valence-electron chi connectivity index (χ0n) is 17.9. The van der Waals surface area contributed by atoms with Gasteiger partial charge in [-0.1, -0.05) is 59.6 Å². The van der Waals surface area contributed by atoms with Gasteiger partial charge in [0.25, 0.3) is 0 Å². The van der Waals surface area contributed by atoms with Crippen LogP contribution in [0.3, 0.4) is 0 Å². The fourth-order valence-corrected chi connectivity index (χ4v) is 4.64. The van der Waals surface area contributed by atoms with E-state index in [2.05, 4.69) is 5.32 Å². The molecule has 0 fully saturated rings. The lowest BCUT2D eigenvalue weighted by molar-refractivity contribution is -0.116. The number of anilines is 2. The Morgan fingerprint density at radius 3 is 2.19 bits per heavy atom. The summed E-state index contributed by atoms with van der Waals surface area (Å²) in [5, 5.41) is 3.04. The average Bonchev–Trinajstić information content (AvgIpc) is 2.75. The molecule has 166 valence electrons. The van der Waals surface area contributed by atoms with E-state index < -0.39 is 22.0 Å². The number of carbonyl (C=O) groups excluding carboxylic acids is 2. The highest BCUT2D eigenvalue weighted by Crippen LogP contribution is 2.26. The summed E-state index contributed by atoms with van der Waals surface area (Å²) in [7, 11) is -3.76. The van der Waals surface area contributed by atoms with Crippen LogP contribution in [0.2, 0.25) is 5.02 Å². The third-order valence-electron chi connectivity index (χ3n) is 4.90. The maximum absolute atomic E-state index is 13.1. The van der Waals surface area contributed by atoms with Crippen LogP contribution < -0.4 is 9.62 Å². The molecule has 6 nitrogen and oxygen atoms in total. The highest BCUT2D eigenvalue weighted by molar-refractivity contribution is 7.92. The van der Waals surface area contributed by atoms with Gasteiger partial charge < -0.3 is 5.32 Å². The van der Waals surface area contributed by atoms with Crippen LogP contribution in [0, 0.1) is 6.92 Å². The lowest BCUT2D eigenvalue weighted by atomic mass is 10.0. The minimum absolute atomic E-state index is 0.213. The number of sulfonamides is 1. The van der Waals surface area contributed by atoms with Gasteiger partial charge in [-0.25, -0.2) is 8.42 Å². The molecule has 0 spiro atoms. The largest absolute Gasteiger partial charge is 0.324 e. The third kappa shape index (κ3) is 5.36. The first kappa shape index (κ1) is 23.5. The van der Waals surface area contributed by atoms with Crippen molar-refractivity contribution in [3.05, 3.63) is 94.5 Å². The zero-order valence-corrected chi connectivity index (χ0v) is 19.4. The maximum Gasteiger partial charge on any atom is 0.248 e. The van der Waals surface area contributed by atoms with E-state index in [4.69, 9.17) is 11.6 Å². The molecule has 32 heavy (non-hydrogen) atoms. The van der Waals surface area contributed by atoms with Crippen LogP contribution in [0.1, 0.15) is 28.4 Å². The molecule has 0 bridgehead atoms. The fourth-order valence-electron chi connectivity index (χ4n) is 3.30. The van der Waals surface area contributed by atoms with E-state index in [-0.39, 0.29) is 17.0 Å². The number of aryl methyl sites for hydroxylation is 1. The number of rotatable bonds is 7. The molecule has 1 N–H and O–H groups in total. The molecule has 0 aromatic heterocycles. The fraction of sp³-hybridized carbons (Fsp3) is 0.167. The van der Waals surface area contributed by atoms with Crippen molar-refractivity contribution in [2.75, 3.05) is 15.9 Å². The monoisotopic (exact) mass is 470 g/mol. The Morgan fingerprint density at radius 1 is 0.969 bits per heavy atom. The number of nitrogens with one attached hydrogen (secondary N) is 1. The molecule has 1 atom stereocenters. The molecule has 0 aliphatic heterocycles. The van der Waals surface area contributed by atoms with Crippen molar-refractivity contribution >= 4 is 44.7 Å². The third-order valence-corrected chi connectivity index (χ3v) is 6.37. The molecule has 0 unspecified atom stereocenters. The summed E-state index contributed by atoms with van der Waals surface area (Å²) in [6.45, 7) is 3.38. The van der Waals surface area contributed by atoms with Gasteiger partial charge in [-0.2, -0.15) is 0 Å². The smallest absolute Gasteiger partial charge is 0.248 e. The van der Waals surface area contributed by atoms with Gasteiger partial charge in [-0.3, -0.25) is 13.9 Å². The Kier molecular flexibility index (Phi) is 7.01.